The zero-order chi connectivity index (χ0) is 25.4. The first-order chi connectivity index (χ1) is 17.4. The van der Waals surface area contributed by atoms with Crippen LogP contribution in [0.5, 0.6) is 0 Å². The van der Waals surface area contributed by atoms with Gasteiger partial charge in [-0.3, -0.25) is 0 Å². The van der Waals surface area contributed by atoms with Gasteiger partial charge in [-0.15, -0.1) is 5.10 Å². The number of aromatic nitrogens is 5. The summed E-state index contributed by atoms with van der Waals surface area (Å²) in [4.78, 5) is 9.34. The first-order valence-electron chi connectivity index (χ1n) is 12.4. The number of aliphatic hydroxyl groups excluding tert-OH is 2. The maximum absolute atomic E-state index is 13.7. The number of rotatable bonds is 10. The van der Waals surface area contributed by atoms with Crippen molar-refractivity contribution in [3.05, 3.63) is 35.4 Å². The zero-order valence-electron chi connectivity index (χ0n) is 20.1. The lowest BCUT2D eigenvalue weighted by Crippen LogP contribution is -2.33. The van der Waals surface area contributed by atoms with E-state index >= 15 is 0 Å². The van der Waals surface area contributed by atoms with Crippen LogP contribution in [0.2, 0.25) is 0 Å². The average Bonchev–Trinajstić information content (AvgIpc) is 3.41. The Bertz CT molecular complexity index is 1230. The minimum atomic E-state index is -1.07. The Balaban J connectivity index is 1.43. The van der Waals surface area contributed by atoms with Crippen LogP contribution >= 0.6 is 11.8 Å². The van der Waals surface area contributed by atoms with Crippen LogP contribution in [0.1, 0.15) is 57.1 Å². The summed E-state index contributed by atoms with van der Waals surface area (Å²) in [6.45, 7) is 4.55. The molecular formula is C24H30F2N6O3S. The van der Waals surface area contributed by atoms with Crippen molar-refractivity contribution in [1.82, 2.24) is 25.0 Å². The number of benzene rings is 1. The SMILES string of the molecule is CCCOC1C[C@@H](n2nnc3c(N[C@@H]4C[C@H]4c4ccc(F)c(F)c4)nc(SCCC)nc32)[C@H](O)[C@@H]1O. The summed E-state index contributed by atoms with van der Waals surface area (Å²) in [5.41, 5.74) is 1.64. The number of halogens is 2. The molecule has 1 aromatic carbocycles. The van der Waals surface area contributed by atoms with Crippen molar-refractivity contribution in [2.24, 2.45) is 0 Å². The van der Waals surface area contributed by atoms with E-state index in [1.54, 1.807) is 10.7 Å². The fourth-order valence-corrected chi connectivity index (χ4v) is 5.37. The summed E-state index contributed by atoms with van der Waals surface area (Å²) < 4.78 is 34.4. The minimum Gasteiger partial charge on any atom is -0.388 e. The molecule has 2 heterocycles. The van der Waals surface area contributed by atoms with Crippen LogP contribution < -0.4 is 5.32 Å². The number of fused-ring (bicyclic) bond motifs is 1. The molecule has 2 saturated carbocycles. The van der Waals surface area contributed by atoms with Crippen molar-refractivity contribution < 1.29 is 23.7 Å². The number of hydrogen-bond acceptors (Lipinski definition) is 9. The molecule has 1 unspecified atom stereocenters. The Labute approximate surface area is 211 Å². The lowest BCUT2D eigenvalue weighted by molar-refractivity contribution is -0.0564. The number of thioether (sulfide) groups is 1. The monoisotopic (exact) mass is 520 g/mol. The van der Waals surface area contributed by atoms with Crippen LogP contribution in [0.4, 0.5) is 14.6 Å². The van der Waals surface area contributed by atoms with Crippen LogP contribution in [-0.4, -0.2) is 71.9 Å². The molecule has 0 spiro atoms. The molecule has 2 aliphatic carbocycles. The Morgan fingerprint density at radius 2 is 1.94 bits per heavy atom. The number of ether oxygens (including phenoxy) is 1. The molecule has 0 saturated heterocycles. The third-order valence-electron chi connectivity index (χ3n) is 6.67. The van der Waals surface area contributed by atoms with Crippen molar-refractivity contribution >= 4 is 28.7 Å². The van der Waals surface area contributed by atoms with Gasteiger partial charge in [0.1, 0.15) is 12.2 Å². The van der Waals surface area contributed by atoms with Gasteiger partial charge in [0.2, 0.25) is 0 Å². The van der Waals surface area contributed by atoms with E-state index < -0.39 is 36.0 Å². The highest BCUT2D eigenvalue weighted by Crippen LogP contribution is 2.44. The number of hydrogen-bond donors (Lipinski definition) is 3. The zero-order valence-corrected chi connectivity index (χ0v) is 21.0. The van der Waals surface area contributed by atoms with Gasteiger partial charge in [0.25, 0.3) is 0 Å². The number of nitrogens with zero attached hydrogens (tertiary/aromatic N) is 5. The van der Waals surface area contributed by atoms with Crippen LogP contribution in [-0.2, 0) is 4.74 Å². The summed E-state index contributed by atoms with van der Waals surface area (Å²) in [5.74, 6) is -0.369. The van der Waals surface area contributed by atoms with Gasteiger partial charge in [-0.25, -0.2) is 23.4 Å². The van der Waals surface area contributed by atoms with Crippen molar-refractivity contribution in [3.63, 3.8) is 0 Å². The second-order valence-corrected chi connectivity index (χ2v) is 10.4. The molecule has 2 fully saturated rings. The Morgan fingerprint density at radius 1 is 1.11 bits per heavy atom. The van der Waals surface area contributed by atoms with Gasteiger partial charge in [0.05, 0.1) is 12.1 Å². The third kappa shape index (κ3) is 4.91. The fourth-order valence-electron chi connectivity index (χ4n) is 4.68. The van der Waals surface area contributed by atoms with E-state index in [0.29, 0.717) is 35.2 Å². The smallest absolute Gasteiger partial charge is 0.191 e. The standard InChI is InChI=1S/C24H30F2N6O3S/c1-3-7-35-18-11-17(20(33)21(18)34)32-23-19(30-31-32)22(28-24(29-23)36-8-4-2)27-16-10-13(16)12-5-6-14(25)15(26)9-12/h5-6,9,13,16-18,20-21,33-34H,3-4,7-8,10-11H2,1-2H3,(H,27,28,29)/t13-,16+,17+,18?,20-,21+/m0/s1. The van der Waals surface area contributed by atoms with Gasteiger partial charge in [-0.05, 0) is 37.0 Å². The summed E-state index contributed by atoms with van der Waals surface area (Å²) in [7, 11) is 0. The van der Waals surface area contributed by atoms with E-state index in [1.807, 2.05) is 6.92 Å². The molecular weight excluding hydrogens is 490 g/mol. The normalized spacial score (nSPS) is 27.6. The molecule has 0 radical (unpaired) electrons. The predicted octanol–water partition coefficient (Wildman–Crippen LogP) is 3.43. The molecule has 5 rings (SSSR count). The summed E-state index contributed by atoms with van der Waals surface area (Å²) >= 11 is 1.51. The molecule has 0 amide bonds. The molecule has 0 aliphatic heterocycles. The summed E-state index contributed by atoms with van der Waals surface area (Å²) in [6.07, 6.45) is 0.271. The lowest BCUT2D eigenvalue weighted by Gasteiger charge is -2.17. The Kier molecular flexibility index (Phi) is 7.38. The minimum absolute atomic E-state index is 0.0205. The van der Waals surface area contributed by atoms with Crippen molar-refractivity contribution in [1.29, 1.82) is 0 Å². The van der Waals surface area contributed by atoms with Gasteiger partial charge in [-0.2, -0.15) is 0 Å². The van der Waals surface area contributed by atoms with Gasteiger partial charge >= 0.3 is 0 Å². The molecule has 2 aromatic heterocycles. The van der Waals surface area contributed by atoms with Gasteiger partial charge in [0.15, 0.2) is 33.8 Å². The van der Waals surface area contributed by atoms with Crippen molar-refractivity contribution in [3.8, 4) is 0 Å². The molecule has 36 heavy (non-hydrogen) atoms. The number of nitrogens with one attached hydrogen (secondary N) is 1. The van der Waals surface area contributed by atoms with Crippen LogP contribution in [0.25, 0.3) is 11.2 Å². The molecule has 3 aromatic rings. The molecule has 194 valence electrons. The number of anilines is 1. The van der Waals surface area contributed by atoms with E-state index in [4.69, 9.17) is 4.74 Å². The van der Waals surface area contributed by atoms with E-state index in [-0.39, 0.29) is 12.0 Å². The predicted molar refractivity (Wildman–Crippen MR) is 131 cm³/mol. The quantitative estimate of drug-likeness (QED) is 0.273. The summed E-state index contributed by atoms with van der Waals surface area (Å²) in [5, 5.41) is 33.8. The van der Waals surface area contributed by atoms with Gasteiger partial charge in [-0.1, -0.05) is 36.9 Å². The van der Waals surface area contributed by atoms with Crippen molar-refractivity contribution in [2.45, 2.75) is 81.0 Å². The Morgan fingerprint density at radius 3 is 2.69 bits per heavy atom. The second-order valence-electron chi connectivity index (χ2n) is 9.37. The fraction of sp³-hybridized carbons (Fsp3) is 0.583. The number of aliphatic hydroxyl groups is 2. The molecule has 6 atom stereocenters. The largest absolute Gasteiger partial charge is 0.388 e. The Hall–Kier alpha value is -2.41. The van der Waals surface area contributed by atoms with Crippen LogP contribution in [0, 0.1) is 11.6 Å². The van der Waals surface area contributed by atoms with Gasteiger partial charge in [0, 0.05) is 30.7 Å². The topological polar surface area (TPSA) is 118 Å². The second kappa shape index (κ2) is 10.5. The lowest BCUT2D eigenvalue weighted by atomic mass is 10.1. The maximum atomic E-state index is 13.7. The highest BCUT2D eigenvalue weighted by Gasteiger charge is 2.45. The summed E-state index contributed by atoms with van der Waals surface area (Å²) in [6, 6.07) is 3.41. The van der Waals surface area contributed by atoms with E-state index in [9.17, 15) is 19.0 Å². The van der Waals surface area contributed by atoms with E-state index in [0.717, 1.165) is 36.6 Å². The van der Waals surface area contributed by atoms with E-state index in [1.165, 1.54) is 17.8 Å². The first kappa shape index (κ1) is 25.2. The van der Waals surface area contributed by atoms with Crippen LogP contribution in [0.3, 0.4) is 0 Å². The highest BCUT2D eigenvalue weighted by atomic mass is 32.2. The highest BCUT2D eigenvalue weighted by molar-refractivity contribution is 7.99. The molecule has 9 nitrogen and oxygen atoms in total. The first-order valence-corrected chi connectivity index (χ1v) is 13.3. The maximum Gasteiger partial charge on any atom is 0.191 e. The van der Waals surface area contributed by atoms with E-state index in [2.05, 4.69) is 32.5 Å². The van der Waals surface area contributed by atoms with Crippen LogP contribution in [0.15, 0.2) is 23.4 Å². The average molecular weight is 521 g/mol. The third-order valence-corrected chi connectivity index (χ3v) is 7.73. The molecule has 3 N–H and O–H groups in total. The molecule has 0 bridgehead atoms. The van der Waals surface area contributed by atoms with Gasteiger partial charge < -0.3 is 20.3 Å². The van der Waals surface area contributed by atoms with Crippen molar-refractivity contribution in [2.75, 3.05) is 17.7 Å². The molecule has 2 aliphatic rings. The molecule has 12 heteroatoms.